The molecule has 3 aromatic rings. The number of nitrogens with zero attached hydrogens (tertiary/aromatic N) is 3. The topological polar surface area (TPSA) is 129 Å². The van der Waals surface area contributed by atoms with Gasteiger partial charge < -0.3 is 19.5 Å². The predicted molar refractivity (Wildman–Crippen MR) is 163 cm³/mol. The number of hydrogen-bond donors (Lipinski definition) is 1. The number of carbonyl (C=O) groups excluding carboxylic acids is 4. The minimum atomic E-state index is -1.39. The monoisotopic (exact) mass is 621 g/mol. The number of nitrogens with one attached hydrogen (secondary N) is 1. The van der Waals surface area contributed by atoms with Crippen molar-refractivity contribution < 1.29 is 42.9 Å². The molecule has 0 aliphatic carbocycles. The minimum Gasteiger partial charge on any atom is -0.490 e. The van der Waals surface area contributed by atoms with E-state index in [9.17, 15) is 19.2 Å². The molecule has 1 N–H and O–H groups in total. The molecular formula is C33H41N4O8+. The molecule has 12 heteroatoms. The summed E-state index contributed by atoms with van der Waals surface area (Å²) in [4.78, 5) is 56.2. The maximum Gasteiger partial charge on any atom is 0.407 e. The second kappa shape index (κ2) is 13.5. The normalized spacial score (nSPS) is 13.8. The van der Waals surface area contributed by atoms with E-state index in [0.717, 1.165) is 17.5 Å². The largest absolute Gasteiger partial charge is 0.490 e. The number of imide groups is 1. The van der Waals surface area contributed by atoms with Crippen molar-refractivity contribution in [3.05, 3.63) is 72.1 Å². The second-order valence-corrected chi connectivity index (χ2v) is 12.6. The van der Waals surface area contributed by atoms with Crippen molar-refractivity contribution >= 4 is 23.9 Å². The van der Waals surface area contributed by atoms with Crippen molar-refractivity contribution in [3.63, 3.8) is 0 Å². The molecule has 4 rings (SSSR count). The Kier molecular flexibility index (Phi) is 9.97. The Morgan fingerprint density at radius 2 is 1.47 bits per heavy atom. The Bertz CT molecular complexity index is 1510. The number of carbonyl (C=O) groups is 4. The van der Waals surface area contributed by atoms with Gasteiger partial charge in [0.25, 0.3) is 11.8 Å². The number of aromatic nitrogens is 2. The van der Waals surface area contributed by atoms with E-state index < -0.39 is 41.2 Å². The van der Waals surface area contributed by atoms with Gasteiger partial charge in [0.15, 0.2) is 7.05 Å². The van der Waals surface area contributed by atoms with Crippen LogP contribution in [0.25, 0.3) is 11.1 Å². The fourth-order valence-electron chi connectivity index (χ4n) is 4.49. The van der Waals surface area contributed by atoms with Gasteiger partial charge in [0.2, 0.25) is 12.3 Å². The van der Waals surface area contributed by atoms with Crippen LogP contribution in [0, 0.1) is 0 Å². The summed E-state index contributed by atoms with van der Waals surface area (Å²) in [6, 6.07) is 13.6. The zero-order valence-electron chi connectivity index (χ0n) is 26.8. The first kappa shape index (κ1) is 33.2. The van der Waals surface area contributed by atoms with Crippen molar-refractivity contribution in [1.29, 1.82) is 0 Å². The highest BCUT2D eigenvalue weighted by atomic mass is 16.7. The van der Waals surface area contributed by atoms with Crippen LogP contribution in [0.5, 0.6) is 5.75 Å². The second-order valence-electron chi connectivity index (χ2n) is 12.6. The lowest BCUT2D eigenvalue weighted by atomic mass is 10.1. The van der Waals surface area contributed by atoms with Gasteiger partial charge in [-0.2, -0.15) is 4.68 Å². The molecule has 3 amide bonds. The number of benzene rings is 2. The molecule has 1 aromatic heterocycles. The molecule has 1 atom stereocenters. The highest BCUT2D eigenvalue weighted by molar-refractivity contribution is 6.20. The lowest BCUT2D eigenvalue weighted by Gasteiger charge is -2.26. The maximum atomic E-state index is 13.0. The Morgan fingerprint density at radius 1 is 0.867 bits per heavy atom. The summed E-state index contributed by atoms with van der Waals surface area (Å²) >= 11 is 0. The Balaban J connectivity index is 1.36. The average Bonchev–Trinajstić information content (AvgIpc) is 3.43. The third-order valence-electron chi connectivity index (χ3n) is 6.50. The molecule has 0 bridgehead atoms. The van der Waals surface area contributed by atoms with Gasteiger partial charge in [0.1, 0.15) is 23.6 Å². The van der Waals surface area contributed by atoms with E-state index in [0.29, 0.717) is 23.9 Å². The number of alkyl carbamates (subject to hydrolysis) is 1. The lowest BCUT2D eigenvalue weighted by Crippen LogP contribution is -2.43. The Morgan fingerprint density at radius 3 is 2.04 bits per heavy atom. The van der Waals surface area contributed by atoms with Crippen molar-refractivity contribution in [3.8, 4) is 16.9 Å². The van der Waals surface area contributed by atoms with Crippen molar-refractivity contribution in [2.75, 3.05) is 13.2 Å². The van der Waals surface area contributed by atoms with Crippen molar-refractivity contribution in [1.82, 2.24) is 15.1 Å². The molecule has 2 aromatic carbocycles. The van der Waals surface area contributed by atoms with E-state index >= 15 is 0 Å². The Hall–Kier alpha value is -4.71. The van der Waals surface area contributed by atoms with Gasteiger partial charge >= 0.3 is 12.1 Å². The molecule has 0 saturated carbocycles. The van der Waals surface area contributed by atoms with E-state index in [1.165, 1.54) is 12.1 Å². The molecule has 0 fully saturated rings. The van der Waals surface area contributed by atoms with E-state index in [4.69, 9.17) is 19.0 Å². The van der Waals surface area contributed by atoms with Gasteiger partial charge in [-0.05, 0) is 77.8 Å². The average molecular weight is 622 g/mol. The SMILES string of the molecule is C[n+]1cc(-c2ccc(OC[C@H](ON3C(=O)c4ccccc4C3=O)C(=O)OC(C)(C)C)cc2)cn1CCCNC(=O)OC(C)(C)C. The number of ether oxygens (including phenoxy) is 3. The third-order valence-corrected chi connectivity index (χ3v) is 6.50. The molecule has 1 aliphatic heterocycles. The fraction of sp³-hybridized carbons (Fsp3) is 0.424. The standard InChI is InChI=1S/C33H40N4O8/c1-32(2,3)43-30(40)27(45-37-28(38)25-11-8-9-12-26(25)29(37)39)21-42-24-15-13-22(14-16-24)23-19-35(7)36(20-23)18-10-17-34-31(41)44-33(4,5)6/h8-9,11-16,19-20,27H,10,17-18,21H2,1-7H3/p+1/t27-/m0/s1. The third kappa shape index (κ3) is 8.91. The highest BCUT2D eigenvalue weighted by Crippen LogP contribution is 2.25. The van der Waals surface area contributed by atoms with Gasteiger partial charge in [-0.3, -0.25) is 9.59 Å². The van der Waals surface area contributed by atoms with E-state index in [-0.39, 0.29) is 17.7 Å². The van der Waals surface area contributed by atoms with Gasteiger partial charge in [-0.1, -0.05) is 24.3 Å². The van der Waals surface area contributed by atoms with Gasteiger partial charge in [-0.25, -0.2) is 14.4 Å². The molecule has 0 radical (unpaired) electrons. The summed E-state index contributed by atoms with van der Waals surface area (Å²) in [5, 5.41) is 3.36. The zero-order valence-corrected chi connectivity index (χ0v) is 26.8. The number of fused-ring (bicyclic) bond motifs is 1. The first-order valence-corrected chi connectivity index (χ1v) is 14.7. The number of aryl methyl sites for hydroxylation is 2. The smallest absolute Gasteiger partial charge is 0.407 e. The summed E-state index contributed by atoms with van der Waals surface area (Å²) in [6.45, 7) is 11.5. The summed E-state index contributed by atoms with van der Waals surface area (Å²) in [5.74, 6) is -1.64. The summed E-state index contributed by atoms with van der Waals surface area (Å²) in [7, 11) is 1.94. The predicted octanol–water partition coefficient (Wildman–Crippen LogP) is 4.21. The Labute approximate surface area is 262 Å². The van der Waals surface area contributed by atoms with Crippen LogP contribution < -0.4 is 14.7 Å². The van der Waals surface area contributed by atoms with Gasteiger partial charge in [0, 0.05) is 6.54 Å². The van der Waals surface area contributed by atoms with Crippen LogP contribution in [0.15, 0.2) is 60.9 Å². The molecule has 0 spiro atoms. The number of amides is 3. The van der Waals surface area contributed by atoms with Crippen molar-refractivity contribution in [2.24, 2.45) is 7.05 Å². The molecular weight excluding hydrogens is 580 g/mol. The lowest BCUT2D eigenvalue weighted by molar-refractivity contribution is -0.753. The molecule has 45 heavy (non-hydrogen) atoms. The fourth-order valence-corrected chi connectivity index (χ4v) is 4.49. The maximum absolute atomic E-state index is 13.0. The van der Waals surface area contributed by atoms with Gasteiger partial charge in [0.05, 0.1) is 29.4 Å². The molecule has 0 saturated heterocycles. The molecule has 2 heterocycles. The number of esters is 1. The van der Waals surface area contributed by atoms with E-state index in [2.05, 4.69) is 5.32 Å². The van der Waals surface area contributed by atoms with Crippen LogP contribution in [0.3, 0.4) is 0 Å². The van der Waals surface area contributed by atoms with Crippen LogP contribution >= 0.6 is 0 Å². The summed E-state index contributed by atoms with van der Waals surface area (Å²) in [5.41, 5.74) is 0.938. The highest BCUT2D eigenvalue weighted by Gasteiger charge is 2.40. The summed E-state index contributed by atoms with van der Waals surface area (Å²) in [6.07, 6.45) is 2.90. The summed E-state index contributed by atoms with van der Waals surface area (Å²) < 4.78 is 20.6. The quantitative estimate of drug-likeness (QED) is 0.146. The molecule has 1 aliphatic rings. The number of hydroxylamine groups is 2. The van der Waals surface area contributed by atoms with Crippen molar-refractivity contribution in [2.45, 2.75) is 71.8 Å². The first-order valence-electron chi connectivity index (χ1n) is 14.7. The van der Waals surface area contributed by atoms with Gasteiger partial charge in [-0.15, -0.1) is 9.75 Å². The zero-order chi connectivity index (χ0) is 32.9. The van der Waals surface area contributed by atoms with E-state index in [1.54, 1.807) is 45.0 Å². The molecule has 12 nitrogen and oxygen atoms in total. The van der Waals surface area contributed by atoms with Crippen LogP contribution in [0.2, 0.25) is 0 Å². The van der Waals surface area contributed by atoms with E-state index in [1.807, 2.05) is 61.7 Å². The molecule has 0 unspecified atom stereocenters. The first-order chi connectivity index (χ1) is 21.1. The minimum absolute atomic E-state index is 0.196. The van der Waals surface area contributed by atoms with Crippen LogP contribution in [-0.2, 0) is 32.7 Å². The van der Waals surface area contributed by atoms with Crippen LogP contribution in [0.1, 0.15) is 68.7 Å². The van der Waals surface area contributed by atoms with Crippen LogP contribution in [-0.4, -0.2) is 64.1 Å². The molecule has 240 valence electrons. The van der Waals surface area contributed by atoms with Crippen LogP contribution in [0.4, 0.5) is 4.79 Å². The number of rotatable bonds is 11. The number of hydrogen-bond acceptors (Lipinski definition) is 8.